The number of aromatic nitrogens is 4. The van der Waals surface area contributed by atoms with Crippen LogP contribution in [0.5, 0.6) is 0 Å². The summed E-state index contributed by atoms with van der Waals surface area (Å²) < 4.78 is 40.1. The number of halogens is 3. The molecule has 0 aliphatic carbocycles. The van der Waals surface area contributed by atoms with Crippen LogP contribution in [-0.2, 0) is 27.9 Å². The second kappa shape index (κ2) is 12.6. The highest BCUT2D eigenvalue weighted by molar-refractivity contribution is 8.00. The average Bonchev–Trinajstić information content (AvgIpc) is 3.19. The van der Waals surface area contributed by atoms with Gasteiger partial charge in [-0.25, -0.2) is 9.78 Å². The Morgan fingerprint density at radius 3 is 2.42 bits per heavy atom. The maximum atomic E-state index is 13.2. The van der Waals surface area contributed by atoms with E-state index in [1.54, 1.807) is 27.8 Å². The van der Waals surface area contributed by atoms with Crippen LogP contribution in [0.1, 0.15) is 20.8 Å². The summed E-state index contributed by atoms with van der Waals surface area (Å²) in [5, 5.41) is 10.4. The lowest BCUT2D eigenvalue weighted by Gasteiger charge is -2.28. The molecule has 1 aliphatic rings. The third-order valence-corrected chi connectivity index (χ3v) is 6.00. The summed E-state index contributed by atoms with van der Waals surface area (Å²) in [4.78, 5) is 45.5. The van der Waals surface area contributed by atoms with Crippen molar-refractivity contribution in [1.29, 1.82) is 0 Å². The summed E-state index contributed by atoms with van der Waals surface area (Å²) in [6.45, 7) is 9.25. The maximum Gasteiger partial charge on any atom is 0.490 e. The molecule has 198 valence electrons. The zero-order valence-electron chi connectivity index (χ0n) is 20.2. The van der Waals surface area contributed by atoms with Crippen LogP contribution in [0, 0.1) is 11.8 Å². The molecule has 1 unspecified atom stereocenters. The van der Waals surface area contributed by atoms with Gasteiger partial charge in [0.25, 0.3) is 5.56 Å². The minimum Gasteiger partial charge on any atom is -0.475 e. The Labute approximate surface area is 209 Å². The van der Waals surface area contributed by atoms with Gasteiger partial charge < -0.3 is 20.1 Å². The van der Waals surface area contributed by atoms with E-state index in [1.807, 2.05) is 4.57 Å². The van der Waals surface area contributed by atoms with Gasteiger partial charge in [-0.1, -0.05) is 17.7 Å². The number of hydrogen-bond acceptors (Lipinski definition) is 9. The summed E-state index contributed by atoms with van der Waals surface area (Å²) in [5.74, 6) is 3.53. The molecule has 0 radical (unpaired) electrons. The third-order valence-electron chi connectivity index (χ3n) is 4.88. The highest BCUT2D eigenvalue weighted by Crippen LogP contribution is 2.25. The fraction of sp³-hybridized carbons (Fsp3) is 0.571. The average molecular weight is 533 g/mol. The number of ether oxygens (including phenoxy) is 1. The molecule has 0 amide bonds. The highest BCUT2D eigenvalue weighted by atomic mass is 32.2. The first kappa shape index (κ1) is 29.0. The predicted molar refractivity (Wildman–Crippen MR) is 127 cm³/mol. The minimum absolute atomic E-state index is 0.208. The smallest absolute Gasteiger partial charge is 0.475 e. The number of piperazine rings is 1. The van der Waals surface area contributed by atoms with Crippen molar-refractivity contribution in [1.82, 2.24) is 24.4 Å². The van der Waals surface area contributed by atoms with Crippen molar-refractivity contribution in [2.45, 2.75) is 43.9 Å². The molecule has 0 spiro atoms. The second-order valence-electron chi connectivity index (χ2n) is 7.41. The fourth-order valence-electron chi connectivity index (χ4n) is 3.11. The number of aliphatic carboxylic acids is 1. The molecule has 2 aromatic rings. The first-order valence-electron chi connectivity index (χ1n) is 10.9. The van der Waals surface area contributed by atoms with Crippen LogP contribution in [-0.4, -0.2) is 80.4 Å². The number of fused-ring (bicyclic) bond motifs is 1. The monoisotopic (exact) mass is 532 g/mol. The zero-order chi connectivity index (χ0) is 27.0. The zero-order valence-corrected chi connectivity index (χ0v) is 21.0. The number of carboxylic acid groups (broad SMARTS) is 1. The molecule has 0 saturated carbocycles. The molecule has 15 heteroatoms. The molecule has 2 N–H and O–H groups in total. The van der Waals surface area contributed by atoms with E-state index in [1.165, 1.54) is 16.3 Å². The second-order valence-corrected chi connectivity index (χ2v) is 8.72. The van der Waals surface area contributed by atoms with Crippen molar-refractivity contribution >= 4 is 40.8 Å². The molecule has 1 fully saturated rings. The molecule has 2 aromatic heterocycles. The van der Waals surface area contributed by atoms with Crippen molar-refractivity contribution in [2.75, 3.05) is 37.7 Å². The standard InChI is InChI=1S/C19H26N6O3S.C2HF3O2/c1-5-7-10-25-14-15(21-18(25)24-11-8-20-9-12-24)22-19(23(4)16(14)26)29-13(3)17(27)28-6-2;3-2(4,5)1(6)7/h13,20H,6,8-12H2,1-4H3;(H,6,7). The van der Waals surface area contributed by atoms with E-state index in [4.69, 9.17) is 14.6 Å². The van der Waals surface area contributed by atoms with E-state index in [-0.39, 0.29) is 11.5 Å². The van der Waals surface area contributed by atoms with Crippen LogP contribution < -0.4 is 15.8 Å². The number of thioether (sulfide) groups is 1. The largest absolute Gasteiger partial charge is 0.490 e. The van der Waals surface area contributed by atoms with Gasteiger partial charge in [0.05, 0.1) is 13.2 Å². The van der Waals surface area contributed by atoms with E-state index in [0.717, 1.165) is 26.2 Å². The molecule has 1 saturated heterocycles. The number of esters is 1. The maximum absolute atomic E-state index is 13.2. The SMILES string of the molecule is CC#CCn1c(N2CCNCC2)nc2nc(SC(C)C(=O)OCC)n(C)c(=O)c21.O=C(O)C(F)(F)F. The summed E-state index contributed by atoms with van der Waals surface area (Å²) in [6, 6.07) is 0. The van der Waals surface area contributed by atoms with Gasteiger partial charge in [-0.05, 0) is 20.8 Å². The number of carbonyl (C=O) groups excluding carboxylic acids is 1. The number of hydrogen-bond donors (Lipinski definition) is 2. The fourth-order valence-corrected chi connectivity index (χ4v) is 3.98. The van der Waals surface area contributed by atoms with E-state index in [0.29, 0.717) is 35.4 Å². The Kier molecular flexibility index (Phi) is 10.2. The molecule has 1 aliphatic heterocycles. The Morgan fingerprint density at radius 2 is 1.89 bits per heavy atom. The van der Waals surface area contributed by atoms with Crippen molar-refractivity contribution in [3.63, 3.8) is 0 Å². The molecule has 36 heavy (non-hydrogen) atoms. The van der Waals surface area contributed by atoms with Gasteiger partial charge in [-0.3, -0.25) is 18.7 Å². The van der Waals surface area contributed by atoms with Crippen LogP contribution in [0.4, 0.5) is 19.1 Å². The molecule has 3 heterocycles. The number of carboxylic acids is 1. The first-order valence-corrected chi connectivity index (χ1v) is 11.8. The number of imidazole rings is 1. The third kappa shape index (κ3) is 7.14. The van der Waals surface area contributed by atoms with Crippen molar-refractivity contribution in [3.8, 4) is 11.8 Å². The number of carbonyl (C=O) groups is 2. The summed E-state index contributed by atoms with van der Waals surface area (Å²) >= 11 is 1.19. The van der Waals surface area contributed by atoms with Gasteiger partial charge in [0.15, 0.2) is 16.3 Å². The van der Waals surface area contributed by atoms with Crippen LogP contribution in [0.15, 0.2) is 9.95 Å². The quantitative estimate of drug-likeness (QED) is 0.242. The van der Waals surface area contributed by atoms with Gasteiger partial charge in [0.2, 0.25) is 5.95 Å². The number of rotatable bonds is 6. The van der Waals surface area contributed by atoms with E-state index < -0.39 is 17.4 Å². The van der Waals surface area contributed by atoms with Crippen LogP contribution >= 0.6 is 11.8 Å². The van der Waals surface area contributed by atoms with Gasteiger partial charge in [0.1, 0.15) is 5.25 Å². The minimum atomic E-state index is -5.08. The Balaban J connectivity index is 0.000000572. The molecule has 0 bridgehead atoms. The summed E-state index contributed by atoms with van der Waals surface area (Å²) in [5.41, 5.74) is 0.593. The van der Waals surface area contributed by atoms with Crippen LogP contribution in [0.3, 0.4) is 0 Å². The predicted octanol–water partition coefficient (Wildman–Crippen LogP) is 1.24. The molecule has 1 atom stereocenters. The van der Waals surface area contributed by atoms with E-state index in [2.05, 4.69) is 32.0 Å². The van der Waals surface area contributed by atoms with Crippen molar-refractivity contribution < 1.29 is 32.6 Å². The number of nitrogens with zero attached hydrogens (tertiary/aromatic N) is 5. The Morgan fingerprint density at radius 1 is 1.28 bits per heavy atom. The molecule has 11 nitrogen and oxygen atoms in total. The lowest BCUT2D eigenvalue weighted by atomic mass is 10.4. The Bertz CT molecular complexity index is 1210. The van der Waals surface area contributed by atoms with Gasteiger partial charge in [-0.2, -0.15) is 18.2 Å². The first-order chi connectivity index (χ1) is 16.9. The topological polar surface area (TPSA) is 132 Å². The van der Waals surface area contributed by atoms with E-state index >= 15 is 0 Å². The number of anilines is 1. The summed E-state index contributed by atoms with van der Waals surface area (Å²) in [6.07, 6.45) is -5.08. The molecule has 0 aromatic carbocycles. The lowest BCUT2D eigenvalue weighted by Crippen LogP contribution is -2.44. The summed E-state index contributed by atoms with van der Waals surface area (Å²) in [7, 11) is 1.66. The van der Waals surface area contributed by atoms with Gasteiger partial charge in [-0.15, -0.1) is 5.92 Å². The normalized spacial score (nSPS) is 14.4. The number of nitrogens with one attached hydrogen (secondary N) is 1. The lowest BCUT2D eigenvalue weighted by molar-refractivity contribution is -0.192. The van der Waals surface area contributed by atoms with Gasteiger partial charge in [0, 0.05) is 33.2 Å². The molecule has 3 rings (SSSR count). The van der Waals surface area contributed by atoms with Crippen LogP contribution in [0.25, 0.3) is 11.2 Å². The highest BCUT2D eigenvalue weighted by Gasteiger charge is 2.38. The Hall–Kier alpha value is -3.25. The number of alkyl halides is 3. The van der Waals surface area contributed by atoms with Crippen molar-refractivity contribution in [2.24, 2.45) is 7.05 Å². The van der Waals surface area contributed by atoms with Crippen LogP contribution in [0.2, 0.25) is 0 Å². The van der Waals surface area contributed by atoms with Gasteiger partial charge >= 0.3 is 18.1 Å². The van der Waals surface area contributed by atoms with E-state index in [9.17, 15) is 22.8 Å². The van der Waals surface area contributed by atoms with Crippen molar-refractivity contribution in [3.05, 3.63) is 10.4 Å². The molecular weight excluding hydrogens is 505 g/mol. The molecular formula is C21H27F3N6O5S.